The number of pyridine rings is 1. The maximum Gasteiger partial charge on any atom is 0.260 e. The molecular weight excluding hydrogens is 308 g/mol. The minimum atomic E-state index is -0.105. The summed E-state index contributed by atoms with van der Waals surface area (Å²) in [5.74, 6) is 1.02. The zero-order chi connectivity index (χ0) is 13.4. The highest BCUT2D eigenvalue weighted by Crippen LogP contribution is 2.32. The number of piperidine rings is 1. The molecule has 0 amide bonds. The van der Waals surface area contributed by atoms with Gasteiger partial charge in [-0.2, -0.15) is 0 Å². The third-order valence-corrected chi connectivity index (χ3v) is 4.36. The molecule has 2 aromatic rings. The van der Waals surface area contributed by atoms with E-state index in [1.807, 2.05) is 0 Å². The van der Waals surface area contributed by atoms with Crippen molar-refractivity contribution in [3.05, 3.63) is 32.5 Å². The molecule has 2 aromatic heterocycles. The molecule has 0 saturated carbocycles. The van der Waals surface area contributed by atoms with Gasteiger partial charge in [0.25, 0.3) is 5.56 Å². The van der Waals surface area contributed by atoms with Gasteiger partial charge >= 0.3 is 0 Å². The van der Waals surface area contributed by atoms with E-state index in [2.05, 4.69) is 36.2 Å². The molecule has 3 rings (SSSR count). The number of hydrogen-bond donors (Lipinski definition) is 2. The fourth-order valence-electron chi connectivity index (χ4n) is 2.61. The van der Waals surface area contributed by atoms with Gasteiger partial charge in [0.15, 0.2) is 0 Å². The van der Waals surface area contributed by atoms with Crippen LogP contribution in [0, 0.1) is 6.92 Å². The average molecular weight is 323 g/mol. The number of halogens is 1. The summed E-state index contributed by atoms with van der Waals surface area (Å²) in [6, 6.07) is 0. The molecule has 1 saturated heterocycles. The van der Waals surface area contributed by atoms with Crippen molar-refractivity contribution in [1.82, 2.24) is 20.3 Å². The van der Waals surface area contributed by atoms with Crippen LogP contribution in [0.15, 0.2) is 15.5 Å². The number of fused-ring (bicyclic) bond motifs is 1. The zero-order valence-corrected chi connectivity index (χ0v) is 12.2. The maximum absolute atomic E-state index is 12.1. The molecule has 0 atom stereocenters. The molecule has 0 aromatic carbocycles. The predicted molar refractivity (Wildman–Crippen MR) is 77.4 cm³/mol. The van der Waals surface area contributed by atoms with E-state index < -0.39 is 0 Å². The zero-order valence-electron chi connectivity index (χ0n) is 10.7. The third kappa shape index (κ3) is 2.30. The number of hydrogen-bond acceptors (Lipinski definition) is 4. The lowest BCUT2D eigenvalue weighted by Crippen LogP contribution is -2.27. The Balaban J connectivity index is 2.17. The second-order valence-corrected chi connectivity index (χ2v) is 5.69. The van der Waals surface area contributed by atoms with Crippen molar-refractivity contribution < 1.29 is 0 Å². The van der Waals surface area contributed by atoms with Gasteiger partial charge in [0.2, 0.25) is 0 Å². The van der Waals surface area contributed by atoms with Crippen molar-refractivity contribution in [1.29, 1.82) is 0 Å². The average Bonchev–Trinajstić information content (AvgIpc) is 2.39. The summed E-state index contributed by atoms with van der Waals surface area (Å²) in [5.41, 5.74) is 1.52. The SMILES string of the molecule is Cc1nc2cnc(C3CCNCC3)c(Br)c2c(=O)[nH]1. The largest absolute Gasteiger partial charge is 0.317 e. The molecule has 100 valence electrons. The molecule has 1 aliphatic rings. The van der Waals surface area contributed by atoms with E-state index in [9.17, 15) is 4.79 Å². The van der Waals surface area contributed by atoms with Crippen LogP contribution in [0.4, 0.5) is 0 Å². The molecule has 2 N–H and O–H groups in total. The Bertz CT molecular complexity index is 676. The Labute approximate surface area is 119 Å². The van der Waals surface area contributed by atoms with Crippen LogP contribution in [0.5, 0.6) is 0 Å². The van der Waals surface area contributed by atoms with Crippen molar-refractivity contribution in [2.24, 2.45) is 0 Å². The van der Waals surface area contributed by atoms with E-state index in [-0.39, 0.29) is 5.56 Å². The van der Waals surface area contributed by atoms with Crippen LogP contribution in [0.25, 0.3) is 10.9 Å². The van der Waals surface area contributed by atoms with Gasteiger partial charge in [0, 0.05) is 5.92 Å². The van der Waals surface area contributed by atoms with Gasteiger partial charge in [0.1, 0.15) is 5.82 Å². The highest BCUT2D eigenvalue weighted by Gasteiger charge is 2.21. The molecule has 6 heteroatoms. The van der Waals surface area contributed by atoms with Crippen molar-refractivity contribution >= 4 is 26.8 Å². The van der Waals surface area contributed by atoms with Crippen LogP contribution in [0.2, 0.25) is 0 Å². The quantitative estimate of drug-likeness (QED) is 0.840. The lowest BCUT2D eigenvalue weighted by molar-refractivity contribution is 0.452. The highest BCUT2D eigenvalue weighted by atomic mass is 79.9. The van der Waals surface area contributed by atoms with E-state index in [1.165, 1.54) is 0 Å². The van der Waals surface area contributed by atoms with Crippen LogP contribution >= 0.6 is 15.9 Å². The summed E-state index contributed by atoms with van der Waals surface area (Å²) in [6.07, 6.45) is 3.81. The van der Waals surface area contributed by atoms with Gasteiger partial charge in [-0.1, -0.05) is 0 Å². The lowest BCUT2D eigenvalue weighted by Gasteiger charge is -2.23. The second kappa shape index (κ2) is 5.02. The van der Waals surface area contributed by atoms with Crippen molar-refractivity contribution in [2.45, 2.75) is 25.7 Å². The molecule has 0 bridgehead atoms. The molecule has 0 radical (unpaired) electrons. The van der Waals surface area contributed by atoms with Crippen LogP contribution in [0.1, 0.15) is 30.3 Å². The van der Waals surface area contributed by atoms with E-state index >= 15 is 0 Å². The smallest absolute Gasteiger partial charge is 0.260 e. The summed E-state index contributed by atoms with van der Waals surface area (Å²) in [6.45, 7) is 3.77. The minimum absolute atomic E-state index is 0.105. The van der Waals surface area contributed by atoms with E-state index in [0.29, 0.717) is 22.6 Å². The Morgan fingerprint density at radius 3 is 2.84 bits per heavy atom. The molecular formula is C13H15BrN4O. The molecule has 19 heavy (non-hydrogen) atoms. The number of aryl methyl sites for hydroxylation is 1. The van der Waals surface area contributed by atoms with Crippen LogP contribution in [0.3, 0.4) is 0 Å². The van der Waals surface area contributed by atoms with Gasteiger partial charge in [-0.3, -0.25) is 9.78 Å². The number of nitrogens with zero attached hydrogens (tertiary/aromatic N) is 2. The first-order valence-corrected chi connectivity index (χ1v) is 7.22. The van der Waals surface area contributed by atoms with Crippen molar-refractivity contribution in [3.63, 3.8) is 0 Å². The monoisotopic (exact) mass is 322 g/mol. The lowest BCUT2D eigenvalue weighted by atomic mass is 9.93. The summed E-state index contributed by atoms with van der Waals surface area (Å²) in [4.78, 5) is 23.7. The summed E-state index contributed by atoms with van der Waals surface area (Å²) in [7, 11) is 0. The Morgan fingerprint density at radius 1 is 1.37 bits per heavy atom. The van der Waals surface area contributed by atoms with Gasteiger partial charge in [0.05, 0.1) is 27.3 Å². The second-order valence-electron chi connectivity index (χ2n) is 4.89. The van der Waals surface area contributed by atoms with Crippen molar-refractivity contribution in [2.75, 3.05) is 13.1 Å². The molecule has 1 fully saturated rings. The number of rotatable bonds is 1. The molecule has 0 aliphatic carbocycles. The predicted octanol–water partition coefficient (Wildman–Crippen LogP) is 1.86. The topological polar surface area (TPSA) is 70.7 Å². The van der Waals surface area contributed by atoms with Crippen LogP contribution < -0.4 is 10.9 Å². The van der Waals surface area contributed by atoms with Gasteiger partial charge in [-0.05, 0) is 48.8 Å². The number of H-pyrrole nitrogens is 1. The van der Waals surface area contributed by atoms with Gasteiger partial charge < -0.3 is 10.3 Å². The van der Waals surface area contributed by atoms with Crippen molar-refractivity contribution in [3.8, 4) is 0 Å². The van der Waals surface area contributed by atoms with Gasteiger partial charge in [-0.15, -0.1) is 0 Å². The molecule has 0 unspecified atom stereocenters. The summed E-state index contributed by atoms with van der Waals surface area (Å²) >= 11 is 3.55. The Kier molecular flexibility index (Phi) is 3.36. The van der Waals surface area contributed by atoms with E-state index in [0.717, 1.165) is 36.1 Å². The minimum Gasteiger partial charge on any atom is -0.317 e. The Hall–Kier alpha value is -1.27. The van der Waals surface area contributed by atoms with Crippen LogP contribution in [-0.4, -0.2) is 28.0 Å². The summed E-state index contributed by atoms with van der Waals surface area (Å²) in [5, 5.41) is 3.94. The Morgan fingerprint density at radius 2 is 2.11 bits per heavy atom. The normalized spacial score (nSPS) is 16.9. The maximum atomic E-state index is 12.1. The van der Waals surface area contributed by atoms with Gasteiger partial charge in [-0.25, -0.2) is 4.98 Å². The first-order valence-electron chi connectivity index (χ1n) is 6.42. The number of aromatic nitrogens is 3. The summed E-state index contributed by atoms with van der Waals surface area (Å²) < 4.78 is 0.797. The molecule has 0 spiro atoms. The third-order valence-electron chi connectivity index (χ3n) is 3.56. The standard InChI is InChI=1S/C13H15BrN4O/c1-7-17-9-6-16-12(8-2-4-15-5-3-8)11(14)10(9)13(19)18-7/h6,8,15H,2-5H2,1H3,(H,17,18,19). The number of aromatic amines is 1. The fourth-order valence-corrected chi connectivity index (χ4v) is 3.42. The van der Waals surface area contributed by atoms with E-state index in [1.54, 1.807) is 13.1 Å². The molecule has 5 nitrogen and oxygen atoms in total. The first-order chi connectivity index (χ1) is 9.16. The highest BCUT2D eigenvalue weighted by molar-refractivity contribution is 9.10. The van der Waals surface area contributed by atoms with E-state index in [4.69, 9.17) is 0 Å². The molecule has 1 aliphatic heterocycles. The number of nitrogens with one attached hydrogen (secondary N) is 2. The fraction of sp³-hybridized carbons (Fsp3) is 0.462. The first kappa shape index (κ1) is 12.7. The van der Waals surface area contributed by atoms with Crippen LogP contribution in [-0.2, 0) is 0 Å². The molecule has 3 heterocycles.